The zero-order valence-corrected chi connectivity index (χ0v) is 8.47. The third-order valence-electron chi connectivity index (χ3n) is 1.50. The van der Waals surface area contributed by atoms with Gasteiger partial charge in [0, 0.05) is 6.20 Å². The number of nitriles is 1. The van der Waals surface area contributed by atoms with Crippen LogP contribution in [0.1, 0.15) is 12.0 Å². The van der Waals surface area contributed by atoms with E-state index < -0.39 is 0 Å². The van der Waals surface area contributed by atoms with E-state index in [1.807, 2.05) is 12.3 Å². The van der Waals surface area contributed by atoms with Crippen molar-refractivity contribution in [2.45, 2.75) is 11.6 Å². The van der Waals surface area contributed by atoms with Crippen LogP contribution >= 0.6 is 11.8 Å². The topological polar surface area (TPSA) is 69.5 Å². The number of H-pyrrole nitrogens is 1. The Morgan fingerprint density at radius 3 is 3.14 bits per heavy atom. The minimum absolute atomic E-state index is 0.182. The summed E-state index contributed by atoms with van der Waals surface area (Å²) in [6.07, 6.45) is 6.86. The normalized spacial score (nSPS) is 10.3. The monoisotopic (exact) mass is 207 g/mol. The largest absolute Gasteiger partial charge is 0.301 e. The van der Waals surface area contributed by atoms with Gasteiger partial charge in [0.25, 0.3) is 5.56 Å². The third-order valence-corrected chi connectivity index (χ3v) is 2.10. The van der Waals surface area contributed by atoms with E-state index in [9.17, 15) is 4.79 Å². The molecule has 0 atom stereocenters. The van der Waals surface area contributed by atoms with E-state index in [1.54, 1.807) is 12.2 Å². The lowest BCUT2D eigenvalue weighted by atomic mass is 10.3. The van der Waals surface area contributed by atoms with Crippen molar-refractivity contribution in [3.63, 3.8) is 0 Å². The molecule has 0 spiro atoms. The van der Waals surface area contributed by atoms with Crippen LogP contribution in [-0.4, -0.2) is 16.2 Å². The maximum atomic E-state index is 11.4. The molecule has 1 aromatic heterocycles. The fraction of sp³-hybridized carbons (Fsp3) is 0.222. The summed E-state index contributed by atoms with van der Waals surface area (Å²) in [5.41, 5.74) is 0.289. The summed E-state index contributed by atoms with van der Waals surface area (Å²) in [6.45, 7) is 0. The van der Waals surface area contributed by atoms with Crippen LogP contribution in [0.3, 0.4) is 0 Å². The maximum Gasteiger partial charge on any atom is 0.258 e. The summed E-state index contributed by atoms with van der Waals surface area (Å²) in [7, 11) is 0. The molecule has 0 amide bonds. The van der Waals surface area contributed by atoms with E-state index in [1.165, 1.54) is 18.0 Å². The molecule has 1 rings (SSSR count). The lowest BCUT2D eigenvalue weighted by Gasteiger charge is -1.95. The van der Waals surface area contributed by atoms with Crippen molar-refractivity contribution in [1.29, 1.82) is 5.26 Å². The van der Waals surface area contributed by atoms with E-state index in [4.69, 9.17) is 5.26 Å². The van der Waals surface area contributed by atoms with E-state index in [0.717, 1.165) is 0 Å². The Kier molecular flexibility index (Phi) is 3.95. The van der Waals surface area contributed by atoms with Gasteiger partial charge in [0.1, 0.15) is 0 Å². The number of aromatic nitrogens is 2. The SMILES string of the molecule is CSc1ncc(C=CCC#N)c(=O)[nH]1. The second-order valence-electron chi connectivity index (χ2n) is 2.44. The van der Waals surface area contributed by atoms with Crippen molar-refractivity contribution in [3.8, 4) is 6.07 Å². The first kappa shape index (κ1) is 10.5. The average Bonchev–Trinajstić information content (AvgIpc) is 2.20. The smallest absolute Gasteiger partial charge is 0.258 e. The van der Waals surface area contributed by atoms with Gasteiger partial charge in [-0.25, -0.2) is 4.98 Å². The van der Waals surface area contributed by atoms with Crippen LogP contribution in [0.25, 0.3) is 6.08 Å². The number of aromatic amines is 1. The zero-order valence-electron chi connectivity index (χ0n) is 7.65. The molecule has 1 N–H and O–H groups in total. The van der Waals surface area contributed by atoms with Crippen LogP contribution in [-0.2, 0) is 0 Å². The molecule has 1 aromatic rings. The third kappa shape index (κ3) is 2.75. The lowest BCUT2D eigenvalue weighted by Crippen LogP contribution is -2.10. The molecule has 0 aliphatic rings. The van der Waals surface area contributed by atoms with Gasteiger partial charge in [-0.05, 0) is 6.26 Å². The minimum Gasteiger partial charge on any atom is -0.301 e. The molecular weight excluding hydrogens is 198 g/mol. The molecule has 1 heterocycles. The number of allylic oxidation sites excluding steroid dienone is 1. The molecule has 0 aromatic carbocycles. The average molecular weight is 207 g/mol. The summed E-state index contributed by atoms with van der Waals surface area (Å²) in [5.74, 6) is 0. The second kappa shape index (κ2) is 5.25. The highest BCUT2D eigenvalue weighted by Gasteiger charge is 1.97. The summed E-state index contributed by atoms with van der Waals surface area (Å²) < 4.78 is 0. The van der Waals surface area contributed by atoms with Crippen molar-refractivity contribution in [1.82, 2.24) is 9.97 Å². The van der Waals surface area contributed by atoms with E-state index >= 15 is 0 Å². The van der Waals surface area contributed by atoms with Gasteiger partial charge in [-0.1, -0.05) is 23.9 Å². The number of hydrogen-bond donors (Lipinski definition) is 1. The summed E-state index contributed by atoms with van der Waals surface area (Å²) in [4.78, 5) is 18.0. The van der Waals surface area contributed by atoms with Gasteiger partial charge in [0.05, 0.1) is 18.1 Å². The number of nitrogens with one attached hydrogen (secondary N) is 1. The van der Waals surface area contributed by atoms with Gasteiger partial charge in [-0.15, -0.1) is 0 Å². The molecule has 0 aliphatic heterocycles. The van der Waals surface area contributed by atoms with Gasteiger partial charge in [-0.2, -0.15) is 5.26 Å². The Labute approximate surface area is 85.7 Å². The maximum absolute atomic E-state index is 11.4. The molecule has 5 heteroatoms. The fourth-order valence-electron chi connectivity index (χ4n) is 0.849. The second-order valence-corrected chi connectivity index (χ2v) is 3.24. The molecular formula is C9H9N3OS. The predicted molar refractivity (Wildman–Crippen MR) is 55.9 cm³/mol. The summed E-state index contributed by atoms with van der Waals surface area (Å²) in [5, 5.41) is 8.88. The highest BCUT2D eigenvalue weighted by molar-refractivity contribution is 7.98. The molecule has 0 saturated carbocycles. The van der Waals surface area contributed by atoms with Crippen LogP contribution in [0.15, 0.2) is 22.2 Å². The molecule has 0 radical (unpaired) electrons. The first-order valence-electron chi connectivity index (χ1n) is 3.94. The summed E-state index contributed by atoms with van der Waals surface area (Å²) >= 11 is 1.38. The van der Waals surface area contributed by atoms with E-state index in [0.29, 0.717) is 17.1 Å². The predicted octanol–water partition coefficient (Wildman–Crippen LogP) is 1.42. The van der Waals surface area contributed by atoms with Crippen LogP contribution < -0.4 is 5.56 Å². The Hall–Kier alpha value is -1.54. The number of thioether (sulfide) groups is 1. The summed E-state index contributed by atoms with van der Waals surface area (Å²) in [6, 6.07) is 1.96. The molecule has 0 fully saturated rings. The van der Waals surface area contributed by atoms with Crippen LogP contribution in [0.4, 0.5) is 0 Å². The molecule has 4 nitrogen and oxygen atoms in total. The standard InChI is InChI=1S/C9H9N3OS/c1-14-9-11-6-7(8(13)12-9)4-2-3-5-10/h2,4,6H,3H2,1H3,(H,11,12,13). The van der Waals surface area contributed by atoms with Crippen molar-refractivity contribution in [2.24, 2.45) is 0 Å². The molecule has 0 saturated heterocycles. The van der Waals surface area contributed by atoms with E-state index in [2.05, 4.69) is 9.97 Å². The van der Waals surface area contributed by atoms with Gasteiger partial charge < -0.3 is 4.98 Å². The molecule has 14 heavy (non-hydrogen) atoms. The number of rotatable bonds is 3. The molecule has 0 unspecified atom stereocenters. The fourth-order valence-corrected chi connectivity index (χ4v) is 1.20. The molecule has 72 valence electrons. The Morgan fingerprint density at radius 2 is 2.57 bits per heavy atom. The lowest BCUT2D eigenvalue weighted by molar-refractivity contribution is 0.934. The van der Waals surface area contributed by atoms with Crippen molar-refractivity contribution < 1.29 is 0 Å². The van der Waals surface area contributed by atoms with Crippen molar-refractivity contribution in [3.05, 3.63) is 28.2 Å². The van der Waals surface area contributed by atoms with Gasteiger partial charge >= 0.3 is 0 Å². The first-order chi connectivity index (χ1) is 6.77. The van der Waals surface area contributed by atoms with Crippen LogP contribution in [0.5, 0.6) is 0 Å². The first-order valence-corrected chi connectivity index (χ1v) is 5.17. The minimum atomic E-state index is -0.182. The number of hydrogen-bond acceptors (Lipinski definition) is 4. The zero-order chi connectivity index (χ0) is 10.4. The highest BCUT2D eigenvalue weighted by Crippen LogP contribution is 2.04. The quantitative estimate of drug-likeness (QED) is 0.601. The highest BCUT2D eigenvalue weighted by atomic mass is 32.2. The Morgan fingerprint density at radius 1 is 1.79 bits per heavy atom. The van der Waals surface area contributed by atoms with Gasteiger partial charge in [0.2, 0.25) is 0 Å². The Balaban J connectivity index is 2.91. The van der Waals surface area contributed by atoms with Crippen LogP contribution in [0.2, 0.25) is 0 Å². The van der Waals surface area contributed by atoms with Crippen molar-refractivity contribution in [2.75, 3.05) is 6.26 Å². The number of nitrogens with zero attached hydrogens (tertiary/aromatic N) is 2. The van der Waals surface area contributed by atoms with Crippen molar-refractivity contribution >= 4 is 17.8 Å². The van der Waals surface area contributed by atoms with Crippen LogP contribution in [0, 0.1) is 11.3 Å². The molecule has 0 aliphatic carbocycles. The van der Waals surface area contributed by atoms with E-state index in [-0.39, 0.29) is 5.56 Å². The van der Waals surface area contributed by atoms with Gasteiger partial charge in [-0.3, -0.25) is 4.79 Å². The Bertz CT molecular complexity index is 430. The van der Waals surface area contributed by atoms with Gasteiger partial charge in [0.15, 0.2) is 5.16 Å². The molecule has 0 bridgehead atoms.